The van der Waals surface area contributed by atoms with Crippen LogP contribution in [0.3, 0.4) is 0 Å². The molecule has 1 unspecified atom stereocenters. The minimum atomic E-state index is -0.919. The molecule has 0 spiro atoms. The number of aliphatic hydroxyl groups excluding tert-OH is 1. The van der Waals surface area contributed by atoms with Crippen molar-refractivity contribution >= 4 is 27.6 Å². The van der Waals surface area contributed by atoms with Crippen molar-refractivity contribution in [3.63, 3.8) is 0 Å². The van der Waals surface area contributed by atoms with Crippen LogP contribution in [0, 0.1) is 0 Å². The first-order valence-electron chi connectivity index (χ1n) is 9.13. The normalized spacial score (nSPS) is 12.1. The van der Waals surface area contributed by atoms with E-state index in [1.165, 1.54) is 13.2 Å². The van der Waals surface area contributed by atoms with Crippen molar-refractivity contribution in [1.29, 1.82) is 0 Å². The van der Waals surface area contributed by atoms with E-state index in [2.05, 4.69) is 5.32 Å². The van der Waals surface area contributed by atoms with Crippen LogP contribution in [0.15, 0.2) is 75.9 Å². The number of para-hydroxylation sites is 1. The van der Waals surface area contributed by atoms with E-state index >= 15 is 0 Å². The van der Waals surface area contributed by atoms with Gasteiger partial charge in [0.25, 0.3) is 5.91 Å². The number of ether oxygens (including phenoxy) is 1. The largest absolute Gasteiger partial charge is 0.493 e. The summed E-state index contributed by atoms with van der Waals surface area (Å²) in [5.41, 5.74) is 0.0982. The molecule has 0 saturated carbocycles. The van der Waals surface area contributed by atoms with E-state index in [0.717, 1.165) is 10.8 Å². The van der Waals surface area contributed by atoms with Crippen molar-refractivity contribution in [2.45, 2.75) is 6.10 Å². The minimum absolute atomic E-state index is 0.0393. The Hall–Kier alpha value is -3.64. The van der Waals surface area contributed by atoms with Crippen molar-refractivity contribution in [1.82, 2.24) is 5.32 Å². The van der Waals surface area contributed by atoms with Gasteiger partial charge < -0.3 is 19.6 Å². The van der Waals surface area contributed by atoms with Crippen LogP contribution in [-0.2, 0) is 0 Å². The van der Waals surface area contributed by atoms with Gasteiger partial charge in [0.1, 0.15) is 5.56 Å². The number of carbonyl (C=O) groups excluding carboxylic acids is 1. The van der Waals surface area contributed by atoms with Gasteiger partial charge in [-0.15, -0.1) is 0 Å². The van der Waals surface area contributed by atoms with Crippen LogP contribution in [-0.4, -0.2) is 24.7 Å². The summed E-state index contributed by atoms with van der Waals surface area (Å²) >= 11 is 0. The van der Waals surface area contributed by atoms with Gasteiger partial charge in [-0.05, 0) is 28.5 Å². The van der Waals surface area contributed by atoms with E-state index < -0.39 is 17.6 Å². The molecular weight excluding hydrogens is 370 g/mol. The molecule has 1 aromatic heterocycles. The summed E-state index contributed by atoms with van der Waals surface area (Å²) in [6.07, 6.45) is -0.919. The monoisotopic (exact) mass is 389 g/mol. The molecule has 6 nitrogen and oxygen atoms in total. The van der Waals surface area contributed by atoms with Gasteiger partial charge in [-0.2, -0.15) is 0 Å². The van der Waals surface area contributed by atoms with Gasteiger partial charge in [-0.1, -0.05) is 54.6 Å². The zero-order valence-corrected chi connectivity index (χ0v) is 15.7. The molecule has 1 amide bonds. The van der Waals surface area contributed by atoms with Crippen LogP contribution >= 0.6 is 0 Å². The molecular formula is C23H19NO5. The highest BCUT2D eigenvalue weighted by Crippen LogP contribution is 2.25. The van der Waals surface area contributed by atoms with Gasteiger partial charge in [-0.3, -0.25) is 4.79 Å². The van der Waals surface area contributed by atoms with Crippen molar-refractivity contribution < 1.29 is 19.1 Å². The van der Waals surface area contributed by atoms with Crippen LogP contribution in [0.2, 0.25) is 0 Å². The number of hydrogen-bond donors (Lipinski definition) is 2. The Kier molecular flexibility index (Phi) is 5.01. The molecule has 4 rings (SSSR count). The lowest BCUT2D eigenvalue weighted by Gasteiger charge is -2.14. The number of fused-ring (bicyclic) bond motifs is 2. The van der Waals surface area contributed by atoms with Crippen LogP contribution in [0.5, 0.6) is 5.75 Å². The molecule has 6 heteroatoms. The van der Waals surface area contributed by atoms with Crippen LogP contribution in [0.25, 0.3) is 21.7 Å². The van der Waals surface area contributed by atoms with Crippen LogP contribution in [0.1, 0.15) is 22.0 Å². The molecule has 0 saturated heterocycles. The minimum Gasteiger partial charge on any atom is -0.493 e. The zero-order chi connectivity index (χ0) is 20.4. The quantitative estimate of drug-likeness (QED) is 0.511. The Morgan fingerprint density at radius 2 is 1.79 bits per heavy atom. The van der Waals surface area contributed by atoms with Gasteiger partial charge in [-0.25, -0.2) is 4.79 Å². The number of aliphatic hydroxyl groups is 1. The second-order valence-corrected chi connectivity index (χ2v) is 6.62. The molecule has 0 bridgehead atoms. The Morgan fingerprint density at radius 1 is 1.07 bits per heavy atom. The lowest BCUT2D eigenvalue weighted by molar-refractivity contribution is 0.0913. The highest BCUT2D eigenvalue weighted by Gasteiger charge is 2.18. The number of hydrogen-bond acceptors (Lipinski definition) is 5. The van der Waals surface area contributed by atoms with Crippen molar-refractivity contribution in [2.24, 2.45) is 0 Å². The summed E-state index contributed by atoms with van der Waals surface area (Å²) in [5, 5.41) is 15.7. The maximum Gasteiger partial charge on any atom is 0.349 e. The van der Waals surface area contributed by atoms with E-state index in [0.29, 0.717) is 16.7 Å². The van der Waals surface area contributed by atoms with E-state index in [9.17, 15) is 14.7 Å². The predicted octanol–water partition coefficient (Wildman–Crippen LogP) is 3.42. The maximum absolute atomic E-state index is 12.5. The van der Waals surface area contributed by atoms with Gasteiger partial charge in [0.15, 0.2) is 11.3 Å². The molecule has 0 fully saturated rings. The van der Waals surface area contributed by atoms with Crippen molar-refractivity contribution in [3.8, 4) is 5.75 Å². The third-order valence-electron chi connectivity index (χ3n) is 4.83. The average Bonchev–Trinajstić information content (AvgIpc) is 2.76. The van der Waals surface area contributed by atoms with Crippen LogP contribution in [0.4, 0.5) is 0 Å². The van der Waals surface area contributed by atoms with E-state index in [1.54, 1.807) is 18.2 Å². The highest BCUT2D eigenvalue weighted by molar-refractivity contribution is 5.97. The maximum atomic E-state index is 12.5. The van der Waals surface area contributed by atoms with Gasteiger partial charge in [0.05, 0.1) is 13.2 Å². The number of benzene rings is 3. The average molecular weight is 389 g/mol. The summed E-state index contributed by atoms with van der Waals surface area (Å²) in [4.78, 5) is 24.8. The third-order valence-corrected chi connectivity index (χ3v) is 4.83. The fourth-order valence-electron chi connectivity index (χ4n) is 3.37. The lowest BCUT2D eigenvalue weighted by atomic mass is 10.0. The summed E-state index contributed by atoms with van der Waals surface area (Å²) in [6.45, 7) is -0.0393. The molecule has 4 aromatic rings. The Labute approximate surface area is 166 Å². The van der Waals surface area contributed by atoms with Crippen LogP contribution < -0.4 is 15.7 Å². The first kappa shape index (κ1) is 18.7. The number of methoxy groups -OCH3 is 1. The fourth-order valence-corrected chi connectivity index (χ4v) is 3.37. The molecule has 1 atom stereocenters. The number of amides is 1. The molecule has 0 aliphatic carbocycles. The van der Waals surface area contributed by atoms with Gasteiger partial charge >= 0.3 is 5.63 Å². The zero-order valence-electron chi connectivity index (χ0n) is 15.7. The standard InChI is InChI=1S/C23H19NO5/c1-28-20-11-5-8-15-12-18(23(27)29-21(15)20)22(26)24-13-19(25)17-10-4-7-14-6-2-3-9-16(14)17/h2-12,19,25H,13H2,1H3,(H,24,26). The van der Waals surface area contributed by atoms with Crippen molar-refractivity contribution in [2.75, 3.05) is 13.7 Å². The summed E-state index contributed by atoms with van der Waals surface area (Å²) in [6, 6.07) is 19.9. The molecule has 3 aromatic carbocycles. The van der Waals surface area contributed by atoms with Crippen molar-refractivity contribution in [3.05, 3.63) is 88.3 Å². The fraction of sp³-hybridized carbons (Fsp3) is 0.130. The molecule has 0 radical (unpaired) electrons. The second kappa shape index (κ2) is 7.77. The lowest BCUT2D eigenvalue weighted by Crippen LogP contribution is -2.31. The number of nitrogens with one attached hydrogen (secondary N) is 1. The highest BCUT2D eigenvalue weighted by atomic mass is 16.5. The summed E-state index contributed by atoms with van der Waals surface area (Å²) in [7, 11) is 1.48. The number of carbonyl (C=O) groups is 1. The first-order valence-corrected chi connectivity index (χ1v) is 9.13. The van der Waals surface area contributed by atoms with Gasteiger partial charge in [0, 0.05) is 11.9 Å². The number of rotatable bonds is 5. The van der Waals surface area contributed by atoms with E-state index in [1.807, 2.05) is 42.5 Å². The van der Waals surface area contributed by atoms with E-state index in [4.69, 9.17) is 9.15 Å². The molecule has 2 N–H and O–H groups in total. The first-order chi connectivity index (χ1) is 14.1. The molecule has 1 heterocycles. The third kappa shape index (κ3) is 3.58. The summed E-state index contributed by atoms with van der Waals surface area (Å²) in [5.74, 6) is -0.194. The smallest absolute Gasteiger partial charge is 0.349 e. The molecule has 0 aliphatic heterocycles. The Balaban J connectivity index is 1.57. The topological polar surface area (TPSA) is 88.8 Å². The molecule has 146 valence electrons. The summed E-state index contributed by atoms with van der Waals surface area (Å²) < 4.78 is 10.5. The van der Waals surface area contributed by atoms with E-state index in [-0.39, 0.29) is 17.7 Å². The Bertz CT molecular complexity index is 1260. The molecule has 29 heavy (non-hydrogen) atoms. The van der Waals surface area contributed by atoms with Gasteiger partial charge in [0.2, 0.25) is 0 Å². The molecule has 0 aliphatic rings. The predicted molar refractivity (Wildman–Crippen MR) is 110 cm³/mol. The Morgan fingerprint density at radius 3 is 2.62 bits per heavy atom. The SMILES string of the molecule is COc1cccc2cc(C(=O)NCC(O)c3cccc4ccccc34)c(=O)oc12. The second-order valence-electron chi connectivity index (χ2n) is 6.62.